The molecule has 0 aromatic rings. The van der Waals surface area contributed by atoms with Gasteiger partial charge in [-0.25, -0.2) is 0 Å². The van der Waals surface area contributed by atoms with Crippen molar-refractivity contribution in [2.24, 2.45) is 5.41 Å². The Hall–Kier alpha value is -0.0800. The molecule has 1 fully saturated rings. The molecular weight excluding hydrogens is 176 g/mol. The number of unbranched alkanes of at least 4 members (excludes halogenated alkanes) is 3. The lowest BCUT2D eigenvalue weighted by atomic mass is 9.80. The molecule has 0 spiro atoms. The van der Waals surface area contributed by atoms with Gasteiger partial charge in [0.15, 0.2) is 0 Å². The van der Waals surface area contributed by atoms with Gasteiger partial charge >= 0.3 is 0 Å². The van der Waals surface area contributed by atoms with Gasteiger partial charge in [0.2, 0.25) is 0 Å². The number of rotatable bonds is 6. The lowest BCUT2D eigenvalue weighted by Gasteiger charge is -2.30. The molecule has 14 heavy (non-hydrogen) atoms. The molecule has 2 unspecified atom stereocenters. The molecule has 1 aliphatic rings. The van der Waals surface area contributed by atoms with Crippen LogP contribution < -0.4 is 0 Å². The first-order valence-corrected chi connectivity index (χ1v) is 6.04. The third kappa shape index (κ3) is 2.71. The number of aliphatic hydroxyl groups excluding tert-OH is 2. The second-order valence-corrected chi connectivity index (χ2v) is 4.74. The summed E-state index contributed by atoms with van der Waals surface area (Å²) < 4.78 is 0. The van der Waals surface area contributed by atoms with Crippen LogP contribution in [0.25, 0.3) is 0 Å². The van der Waals surface area contributed by atoms with E-state index in [-0.39, 0.29) is 18.1 Å². The summed E-state index contributed by atoms with van der Waals surface area (Å²) >= 11 is 0. The van der Waals surface area contributed by atoms with Crippen molar-refractivity contribution in [2.75, 3.05) is 6.61 Å². The standard InChI is InChI=1S/C12H24O2/c1-2-3-4-5-8-12(10-13)9-6-7-11(12)14/h11,13-14H,2-10H2,1H3. The predicted octanol–water partition coefficient (Wildman–Crippen LogP) is 2.48. The van der Waals surface area contributed by atoms with Crippen LogP contribution in [-0.2, 0) is 0 Å². The quantitative estimate of drug-likeness (QED) is 0.647. The average Bonchev–Trinajstić information content (AvgIpc) is 2.56. The number of hydrogen-bond acceptors (Lipinski definition) is 2. The van der Waals surface area contributed by atoms with E-state index in [0.29, 0.717) is 0 Å². The first-order valence-electron chi connectivity index (χ1n) is 6.04. The van der Waals surface area contributed by atoms with Gasteiger partial charge in [0.05, 0.1) is 12.7 Å². The zero-order chi connectivity index (χ0) is 10.4. The van der Waals surface area contributed by atoms with Gasteiger partial charge in [-0.3, -0.25) is 0 Å². The van der Waals surface area contributed by atoms with Crippen molar-refractivity contribution in [1.29, 1.82) is 0 Å². The van der Waals surface area contributed by atoms with Crippen LogP contribution in [-0.4, -0.2) is 22.9 Å². The van der Waals surface area contributed by atoms with E-state index in [1.165, 1.54) is 19.3 Å². The van der Waals surface area contributed by atoms with Crippen molar-refractivity contribution in [1.82, 2.24) is 0 Å². The van der Waals surface area contributed by atoms with Crippen LogP contribution in [0.4, 0.5) is 0 Å². The molecule has 1 aliphatic carbocycles. The maximum absolute atomic E-state index is 9.84. The van der Waals surface area contributed by atoms with Crippen molar-refractivity contribution in [3.63, 3.8) is 0 Å². The fourth-order valence-corrected chi connectivity index (χ4v) is 2.58. The van der Waals surface area contributed by atoms with E-state index >= 15 is 0 Å². The van der Waals surface area contributed by atoms with E-state index in [4.69, 9.17) is 0 Å². The maximum atomic E-state index is 9.84. The molecule has 0 aliphatic heterocycles. The summed E-state index contributed by atoms with van der Waals surface area (Å²) in [4.78, 5) is 0. The van der Waals surface area contributed by atoms with Crippen molar-refractivity contribution >= 4 is 0 Å². The van der Waals surface area contributed by atoms with Gasteiger partial charge in [-0.15, -0.1) is 0 Å². The van der Waals surface area contributed by atoms with Crippen LogP contribution in [0, 0.1) is 5.41 Å². The summed E-state index contributed by atoms with van der Waals surface area (Å²) in [5.74, 6) is 0. The molecule has 0 radical (unpaired) electrons. The Morgan fingerprint density at radius 1 is 1.29 bits per heavy atom. The summed E-state index contributed by atoms with van der Waals surface area (Å²) in [6.07, 6.45) is 8.64. The molecule has 0 aromatic heterocycles. The summed E-state index contributed by atoms with van der Waals surface area (Å²) in [7, 11) is 0. The minimum Gasteiger partial charge on any atom is -0.396 e. The highest BCUT2D eigenvalue weighted by Gasteiger charge is 2.40. The SMILES string of the molecule is CCCCCCC1(CO)CCCC1O. The molecule has 0 heterocycles. The van der Waals surface area contributed by atoms with Gasteiger partial charge in [0.1, 0.15) is 0 Å². The molecular formula is C12H24O2. The molecule has 0 aromatic carbocycles. The van der Waals surface area contributed by atoms with Crippen LogP contribution >= 0.6 is 0 Å². The zero-order valence-electron chi connectivity index (χ0n) is 9.34. The summed E-state index contributed by atoms with van der Waals surface area (Å²) in [6, 6.07) is 0. The Morgan fingerprint density at radius 2 is 2.07 bits per heavy atom. The predicted molar refractivity (Wildman–Crippen MR) is 58.1 cm³/mol. The number of aliphatic hydroxyl groups is 2. The van der Waals surface area contributed by atoms with Crippen molar-refractivity contribution < 1.29 is 10.2 Å². The van der Waals surface area contributed by atoms with E-state index in [0.717, 1.165) is 32.1 Å². The highest BCUT2D eigenvalue weighted by Crippen LogP contribution is 2.42. The summed E-state index contributed by atoms with van der Waals surface area (Å²) in [5, 5.41) is 19.2. The van der Waals surface area contributed by atoms with Crippen LogP contribution in [0.2, 0.25) is 0 Å². The molecule has 1 saturated carbocycles. The zero-order valence-corrected chi connectivity index (χ0v) is 9.34. The molecule has 84 valence electrons. The number of hydrogen-bond donors (Lipinski definition) is 2. The normalized spacial score (nSPS) is 32.4. The van der Waals surface area contributed by atoms with Gasteiger partial charge in [0.25, 0.3) is 0 Å². The van der Waals surface area contributed by atoms with Gasteiger partial charge in [0, 0.05) is 5.41 Å². The highest BCUT2D eigenvalue weighted by atomic mass is 16.3. The molecule has 0 amide bonds. The lowest BCUT2D eigenvalue weighted by Crippen LogP contribution is -2.33. The fourth-order valence-electron chi connectivity index (χ4n) is 2.58. The highest BCUT2D eigenvalue weighted by molar-refractivity contribution is 4.91. The Kier molecular flexibility index (Phi) is 4.90. The lowest BCUT2D eigenvalue weighted by molar-refractivity contribution is -0.00131. The smallest absolute Gasteiger partial charge is 0.0618 e. The van der Waals surface area contributed by atoms with E-state index in [1.54, 1.807) is 0 Å². The Labute approximate surface area is 87.3 Å². The largest absolute Gasteiger partial charge is 0.396 e. The van der Waals surface area contributed by atoms with E-state index in [2.05, 4.69) is 6.92 Å². The van der Waals surface area contributed by atoms with Crippen molar-refractivity contribution in [3.8, 4) is 0 Å². The van der Waals surface area contributed by atoms with Crippen LogP contribution in [0.5, 0.6) is 0 Å². The molecule has 2 nitrogen and oxygen atoms in total. The second-order valence-electron chi connectivity index (χ2n) is 4.74. The monoisotopic (exact) mass is 200 g/mol. The molecule has 2 N–H and O–H groups in total. The summed E-state index contributed by atoms with van der Waals surface area (Å²) in [6.45, 7) is 2.37. The Bertz CT molecular complexity index is 158. The van der Waals surface area contributed by atoms with E-state index in [9.17, 15) is 10.2 Å². The van der Waals surface area contributed by atoms with E-state index < -0.39 is 0 Å². The molecule has 0 saturated heterocycles. The third-order valence-electron chi connectivity index (χ3n) is 3.70. The maximum Gasteiger partial charge on any atom is 0.0618 e. The molecule has 1 rings (SSSR count). The first-order chi connectivity index (χ1) is 6.75. The van der Waals surface area contributed by atoms with Crippen molar-refractivity contribution in [3.05, 3.63) is 0 Å². The average molecular weight is 200 g/mol. The second kappa shape index (κ2) is 5.72. The fraction of sp³-hybridized carbons (Fsp3) is 1.00. The van der Waals surface area contributed by atoms with Gasteiger partial charge < -0.3 is 10.2 Å². The third-order valence-corrected chi connectivity index (χ3v) is 3.70. The topological polar surface area (TPSA) is 40.5 Å². The van der Waals surface area contributed by atoms with Crippen LogP contribution in [0.15, 0.2) is 0 Å². The molecule has 0 bridgehead atoms. The molecule has 2 heteroatoms. The van der Waals surface area contributed by atoms with E-state index in [1.807, 2.05) is 0 Å². The minimum atomic E-state index is -0.255. The van der Waals surface area contributed by atoms with Crippen LogP contribution in [0.3, 0.4) is 0 Å². The van der Waals surface area contributed by atoms with Crippen molar-refractivity contribution in [2.45, 2.75) is 64.4 Å². The Balaban J connectivity index is 2.30. The minimum absolute atomic E-state index is 0.145. The first kappa shape index (κ1) is 12.0. The molecule has 2 atom stereocenters. The van der Waals surface area contributed by atoms with Gasteiger partial charge in [-0.1, -0.05) is 39.0 Å². The Morgan fingerprint density at radius 3 is 2.57 bits per heavy atom. The van der Waals surface area contributed by atoms with Gasteiger partial charge in [-0.2, -0.15) is 0 Å². The summed E-state index contributed by atoms with van der Waals surface area (Å²) in [5.41, 5.74) is -0.145. The van der Waals surface area contributed by atoms with Crippen LogP contribution in [0.1, 0.15) is 58.3 Å². The van der Waals surface area contributed by atoms with Gasteiger partial charge in [-0.05, 0) is 19.3 Å².